The maximum atomic E-state index is 13.7. The largest absolute Gasteiger partial charge is 0.325 e. The molecular weight excluding hydrogens is 338 g/mol. The molecule has 1 saturated heterocycles. The lowest BCUT2D eigenvalue weighted by Gasteiger charge is -2.32. The first-order valence-electron chi connectivity index (χ1n) is 8.80. The predicted octanol–water partition coefficient (Wildman–Crippen LogP) is 3.94. The van der Waals surface area contributed by atoms with Crippen molar-refractivity contribution in [3.63, 3.8) is 0 Å². The number of benzene rings is 1. The Kier molecular flexibility index (Phi) is 5.75. The van der Waals surface area contributed by atoms with Crippen molar-refractivity contribution in [3.8, 4) is 0 Å². The number of nitrogens with one attached hydrogen (secondary N) is 1. The number of carbonyl (C=O) groups excluding carboxylic acids is 1. The van der Waals surface area contributed by atoms with Crippen molar-refractivity contribution in [2.24, 2.45) is 5.92 Å². The number of piperidine rings is 1. The second-order valence-corrected chi connectivity index (χ2v) is 6.65. The number of nitrogens with zero attached hydrogens (tertiary/aromatic N) is 3. The van der Waals surface area contributed by atoms with E-state index in [0.29, 0.717) is 42.5 Å². The van der Waals surface area contributed by atoms with E-state index in [9.17, 15) is 13.6 Å². The molecule has 1 aliphatic rings. The van der Waals surface area contributed by atoms with E-state index in [2.05, 4.69) is 15.3 Å². The van der Waals surface area contributed by atoms with Crippen LogP contribution in [0.5, 0.6) is 0 Å². The standard InChI is InChI=1S/C19H22F2N4O/c1-13-22-11-17(12-23-13)24-19(26)25-8-6-14(7-9-25)2-3-15-4-5-16(20)10-18(15)21/h4-5,10-12,14H,2-3,6-9H2,1H3,(H,24,26). The molecule has 5 nitrogen and oxygen atoms in total. The minimum absolute atomic E-state index is 0.152. The van der Waals surface area contributed by atoms with Crippen LogP contribution in [-0.4, -0.2) is 34.0 Å². The van der Waals surface area contributed by atoms with Gasteiger partial charge in [-0.1, -0.05) is 6.07 Å². The van der Waals surface area contributed by atoms with Crippen LogP contribution in [0.25, 0.3) is 0 Å². The molecule has 1 aromatic heterocycles. The summed E-state index contributed by atoms with van der Waals surface area (Å²) in [6, 6.07) is 3.58. The van der Waals surface area contributed by atoms with Crippen LogP contribution in [0.4, 0.5) is 19.3 Å². The summed E-state index contributed by atoms with van der Waals surface area (Å²) < 4.78 is 26.6. The van der Waals surface area contributed by atoms with Gasteiger partial charge in [0.25, 0.3) is 0 Å². The maximum Gasteiger partial charge on any atom is 0.321 e. The molecule has 0 aliphatic carbocycles. The van der Waals surface area contributed by atoms with Crippen LogP contribution < -0.4 is 5.32 Å². The topological polar surface area (TPSA) is 58.1 Å². The molecule has 0 spiro atoms. The Labute approximate surface area is 151 Å². The van der Waals surface area contributed by atoms with Gasteiger partial charge in [0.15, 0.2) is 0 Å². The van der Waals surface area contributed by atoms with E-state index in [-0.39, 0.29) is 6.03 Å². The average molecular weight is 360 g/mol. The Morgan fingerprint density at radius 2 is 1.92 bits per heavy atom. The third-order valence-corrected chi connectivity index (χ3v) is 4.77. The Morgan fingerprint density at radius 3 is 2.58 bits per heavy atom. The van der Waals surface area contributed by atoms with Gasteiger partial charge in [-0.25, -0.2) is 23.5 Å². The molecule has 0 bridgehead atoms. The molecule has 0 saturated carbocycles. The van der Waals surface area contributed by atoms with Gasteiger partial charge in [-0.3, -0.25) is 0 Å². The van der Waals surface area contributed by atoms with Gasteiger partial charge in [0, 0.05) is 19.2 Å². The maximum absolute atomic E-state index is 13.7. The van der Waals surface area contributed by atoms with Crippen molar-refractivity contribution in [2.75, 3.05) is 18.4 Å². The quantitative estimate of drug-likeness (QED) is 0.898. The van der Waals surface area contributed by atoms with E-state index in [1.54, 1.807) is 24.2 Å². The summed E-state index contributed by atoms with van der Waals surface area (Å²) in [5, 5.41) is 2.80. The van der Waals surface area contributed by atoms with Crippen LogP contribution in [0.15, 0.2) is 30.6 Å². The van der Waals surface area contributed by atoms with Crippen LogP contribution in [0, 0.1) is 24.5 Å². The van der Waals surface area contributed by atoms with Crippen molar-refractivity contribution in [3.05, 3.63) is 53.6 Å². The zero-order chi connectivity index (χ0) is 18.5. The number of aromatic nitrogens is 2. The normalized spacial score (nSPS) is 15.1. The van der Waals surface area contributed by atoms with Gasteiger partial charge < -0.3 is 10.2 Å². The molecule has 0 radical (unpaired) electrons. The highest BCUT2D eigenvalue weighted by Crippen LogP contribution is 2.24. The summed E-state index contributed by atoms with van der Waals surface area (Å²) in [5.74, 6) is 0.0549. The summed E-state index contributed by atoms with van der Waals surface area (Å²) in [5.41, 5.74) is 1.13. The molecule has 2 amide bonds. The fraction of sp³-hybridized carbons (Fsp3) is 0.421. The number of anilines is 1. The van der Waals surface area contributed by atoms with Crippen LogP contribution >= 0.6 is 0 Å². The summed E-state index contributed by atoms with van der Waals surface area (Å²) in [6.07, 6.45) is 6.35. The highest BCUT2D eigenvalue weighted by molar-refractivity contribution is 5.88. The van der Waals surface area contributed by atoms with E-state index in [1.807, 2.05) is 0 Å². The van der Waals surface area contributed by atoms with Gasteiger partial charge in [0.2, 0.25) is 0 Å². The third kappa shape index (κ3) is 4.74. The molecule has 0 atom stereocenters. The van der Waals surface area contributed by atoms with Crippen LogP contribution in [-0.2, 0) is 6.42 Å². The number of carbonyl (C=O) groups is 1. The highest BCUT2D eigenvalue weighted by Gasteiger charge is 2.23. The molecular formula is C19H22F2N4O. The molecule has 1 fully saturated rings. The Bertz CT molecular complexity index is 759. The van der Waals surface area contributed by atoms with Gasteiger partial charge in [-0.15, -0.1) is 0 Å². The minimum Gasteiger partial charge on any atom is -0.325 e. The van der Waals surface area contributed by atoms with Crippen molar-refractivity contribution < 1.29 is 13.6 Å². The number of aryl methyl sites for hydroxylation is 2. The van der Waals surface area contributed by atoms with Crippen molar-refractivity contribution in [1.29, 1.82) is 0 Å². The van der Waals surface area contributed by atoms with Crippen LogP contribution in [0.1, 0.15) is 30.7 Å². The number of urea groups is 1. The number of amides is 2. The molecule has 2 aromatic rings. The van der Waals surface area contributed by atoms with E-state index < -0.39 is 11.6 Å². The lowest BCUT2D eigenvalue weighted by molar-refractivity contribution is 0.180. The lowest BCUT2D eigenvalue weighted by Crippen LogP contribution is -2.41. The van der Waals surface area contributed by atoms with Gasteiger partial charge >= 0.3 is 6.03 Å². The van der Waals surface area contributed by atoms with E-state index in [4.69, 9.17) is 0 Å². The van der Waals surface area contributed by atoms with Crippen LogP contribution in [0.2, 0.25) is 0 Å². The second-order valence-electron chi connectivity index (χ2n) is 6.65. The van der Waals surface area contributed by atoms with Crippen LogP contribution in [0.3, 0.4) is 0 Å². The second kappa shape index (κ2) is 8.21. The summed E-state index contributed by atoms with van der Waals surface area (Å²) in [7, 11) is 0. The molecule has 2 heterocycles. The molecule has 26 heavy (non-hydrogen) atoms. The number of rotatable bonds is 4. The summed E-state index contributed by atoms with van der Waals surface area (Å²) in [4.78, 5) is 22.2. The number of hydrogen-bond acceptors (Lipinski definition) is 3. The molecule has 7 heteroatoms. The zero-order valence-corrected chi connectivity index (χ0v) is 14.7. The number of halogens is 2. The Morgan fingerprint density at radius 1 is 1.23 bits per heavy atom. The third-order valence-electron chi connectivity index (χ3n) is 4.77. The average Bonchev–Trinajstić information content (AvgIpc) is 2.63. The first-order valence-corrected chi connectivity index (χ1v) is 8.80. The number of hydrogen-bond donors (Lipinski definition) is 1. The molecule has 1 aromatic carbocycles. The Hall–Kier alpha value is -2.57. The highest BCUT2D eigenvalue weighted by atomic mass is 19.1. The Balaban J connectivity index is 1.44. The lowest BCUT2D eigenvalue weighted by atomic mass is 9.90. The van der Waals surface area contributed by atoms with E-state index >= 15 is 0 Å². The van der Waals surface area contributed by atoms with Gasteiger partial charge in [0.05, 0.1) is 18.1 Å². The van der Waals surface area contributed by atoms with Gasteiger partial charge in [0.1, 0.15) is 17.5 Å². The van der Waals surface area contributed by atoms with E-state index in [0.717, 1.165) is 25.3 Å². The van der Waals surface area contributed by atoms with Crippen molar-refractivity contribution in [1.82, 2.24) is 14.9 Å². The van der Waals surface area contributed by atoms with Gasteiger partial charge in [-0.05, 0) is 50.2 Å². The van der Waals surface area contributed by atoms with E-state index in [1.165, 1.54) is 12.1 Å². The first-order chi connectivity index (χ1) is 12.5. The monoisotopic (exact) mass is 360 g/mol. The predicted molar refractivity (Wildman–Crippen MR) is 94.8 cm³/mol. The molecule has 3 rings (SSSR count). The van der Waals surface area contributed by atoms with Crippen molar-refractivity contribution >= 4 is 11.7 Å². The number of likely N-dealkylation sites (tertiary alicyclic amines) is 1. The van der Waals surface area contributed by atoms with Gasteiger partial charge in [-0.2, -0.15) is 0 Å². The fourth-order valence-electron chi connectivity index (χ4n) is 3.17. The fourth-order valence-corrected chi connectivity index (χ4v) is 3.17. The first kappa shape index (κ1) is 18.2. The molecule has 1 N–H and O–H groups in total. The zero-order valence-electron chi connectivity index (χ0n) is 14.7. The van der Waals surface area contributed by atoms with Crippen molar-refractivity contribution in [2.45, 2.75) is 32.6 Å². The minimum atomic E-state index is -0.551. The SMILES string of the molecule is Cc1ncc(NC(=O)N2CCC(CCc3ccc(F)cc3F)CC2)cn1. The smallest absolute Gasteiger partial charge is 0.321 e. The molecule has 1 aliphatic heterocycles. The summed E-state index contributed by atoms with van der Waals surface area (Å²) >= 11 is 0. The summed E-state index contributed by atoms with van der Waals surface area (Å²) in [6.45, 7) is 3.11. The molecule has 138 valence electrons. The molecule has 0 unspecified atom stereocenters.